The summed E-state index contributed by atoms with van der Waals surface area (Å²) < 4.78 is 16.4. The average Bonchev–Trinajstić information content (AvgIpc) is 2.84. The Labute approximate surface area is 188 Å². The summed E-state index contributed by atoms with van der Waals surface area (Å²) in [4.78, 5) is 6.89. The maximum Gasteiger partial charge on any atom is 0.203 e. The summed E-state index contributed by atoms with van der Waals surface area (Å²) in [5, 5.41) is 0.419. The van der Waals surface area contributed by atoms with Crippen LogP contribution in [0.15, 0.2) is 48.7 Å². The Bertz CT molecular complexity index is 1020. The van der Waals surface area contributed by atoms with Crippen molar-refractivity contribution in [1.82, 2.24) is 4.98 Å². The van der Waals surface area contributed by atoms with Crippen molar-refractivity contribution in [2.45, 2.75) is 19.3 Å². The van der Waals surface area contributed by atoms with Crippen LogP contribution in [0.3, 0.4) is 0 Å². The van der Waals surface area contributed by atoms with Gasteiger partial charge in [0.15, 0.2) is 11.5 Å². The first-order valence-electron chi connectivity index (χ1n) is 10.5. The van der Waals surface area contributed by atoms with Gasteiger partial charge >= 0.3 is 0 Å². The summed E-state index contributed by atoms with van der Waals surface area (Å²) in [6.07, 6.45) is 5.66. The highest BCUT2D eigenvalue weighted by atomic mass is 35.5. The van der Waals surface area contributed by atoms with Crippen LogP contribution in [0.5, 0.6) is 17.2 Å². The van der Waals surface area contributed by atoms with E-state index in [1.165, 1.54) is 24.9 Å². The summed E-state index contributed by atoms with van der Waals surface area (Å²) in [6.45, 7) is 2.26. The van der Waals surface area contributed by atoms with E-state index < -0.39 is 0 Å². The van der Waals surface area contributed by atoms with Gasteiger partial charge in [0.2, 0.25) is 5.75 Å². The molecule has 2 heterocycles. The van der Waals surface area contributed by atoms with Gasteiger partial charge in [0.05, 0.1) is 21.3 Å². The highest BCUT2D eigenvalue weighted by Gasteiger charge is 2.17. The lowest BCUT2D eigenvalue weighted by atomic mass is 10.0. The molecule has 0 unspecified atom stereocenters. The van der Waals surface area contributed by atoms with E-state index in [2.05, 4.69) is 34.1 Å². The largest absolute Gasteiger partial charge is 0.493 e. The van der Waals surface area contributed by atoms with Gasteiger partial charge in [0.25, 0.3) is 0 Å². The highest BCUT2D eigenvalue weighted by Crippen LogP contribution is 2.43. The van der Waals surface area contributed by atoms with Crippen LogP contribution in [-0.2, 0) is 0 Å². The second-order valence-corrected chi connectivity index (χ2v) is 7.93. The predicted octanol–water partition coefficient (Wildman–Crippen LogP) is 6.09. The average molecular weight is 439 g/mol. The van der Waals surface area contributed by atoms with Crippen LogP contribution in [0.4, 0.5) is 5.69 Å². The van der Waals surface area contributed by atoms with Crippen molar-refractivity contribution < 1.29 is 14.2 Å². The summed E-state index contributed by atoms with van der Waals surface area (Å²) in [6, 6.07) is 14.5. The van der Waals surface area contributed by atoms with E-state index in [4.69, 9.17) is 25.8 Å². The first-order chi connectivity index (χ1) is 15.1. The molecule has 3 aromatic rings. The van der Waals surface area contributed by atoms with E-state index in [1.807, 2.05) is 18.2 Å². The minimum Gasteiger partial charge on any atom is -0.493 e. The lowest BCUT2D eigenvalue weighted by Crippen LogP contribution is -2.29. The van der Waals surface area contributed by atoms with Crippen LogP contribution in [0.1, 0.15) is 19.3 Å². The zero-order valence-electron chi connectivity index (χ0n) is 18.2. The number of anilines is 1. The molecular weight excluding hydrogens is 412 g/mol. The van der Waals surface area contributed by atoms with E-state index in [9.17, 15) is 0 Å². The van der Waals surface area contributed by atoms with E-state index in [0.717, 1.165) is 35.3 Å². The van der Waals surface area contributed by atoms with Crippen molar-refractivity contribution in [2.75, 3.05) is 39.3 Å². The van der Waals surface area contributed by atoms with Crippen LogP contribution in [0, 0.1) is 0 Å². The highest BCUT2D eigenvalue weighted by molar-refractivity contribution is 6.32. The number of piperidine rings is 1. The van der Waals surface area contributed by atoms with Gasteiger partial charge in [0.1, 0.15) is 5.15 Å². The lowest BCUT2D eigenvalue weighted by Gasteiger charge is -2.28. The number of ether oxygens (including phenoxy) is 3. The SMILES string of the molecule is COc1cc(-c2cc(-c3ccc(N4CCCCC4)cc3)cnc2Cl)cc(OC)c1OC. The van der Waals surface area contributed by atoms with Crippen molar-refractivity contribution >= 4 is 17.3 Å². The summed E-state index contributed by atoms with van der Waals surface area (Å²) in [7, 11) is 4.78. The van der Waals surface area contributed by atoms with Gasteiger partial charge in [-0.1, -0.05) is 23.7 Å². The van der Waals surface area contributed by atoms with Gasteiger partial charge in [-0.25, -0.2) is 4.98 Å². The lowest BCUT2D eigenvalue weighted by molar-refractivity contribution is 0.324. The molecule has 6 heteroatoms. The zero-order valence-corrected chi connectivity index (χ0v) is 18.9. The fourth-order valence-corrected chi connectivity index (χ4v) is 4.27. The van der Waals surface area contributed by atoms with Crippen LogP contribution in [0.25, 0.3) is 22.3 Å². The Kier molecular flexibility index (Phi) is 6.52. The molecule has 1 aliphatic rings. The maximum absolute atomic E-state index is 6.48. The smallest absolute Gasteiger partial charge is 0.203 e. The Morgan fingerprint density at radius 1 is 0.774 bits per heavy atom. The van der Waals surface area contributed by atoms with E-state index in [1.54, 1.807) is 27.5 Å². The second-order valence-electron chi connectivity index (χ2n) is 7.57. The number of pyridine rings is 1. The van der Waals surface area contributed by atoms with Gasteiger partial charge in [-0.15, -0.1) is 0 Å². The maximum atomic E-state index is 6.48. The van der Waals surface area contributed by atoms with Crippen molar-refractivity contribution in [3.63, 3.8) is 0 Å². The standard InChI is InChI=1S/C25H27ClN2O3/c1-29-22-14-18(15-23(30-2)24(22)31-3)21-13-19(16-27-25(21)26)17-7-9-20(10-8-17)28-11-5-4-6-12-28/h7-10,13-16H,4-6,11-12H2,1-3H3. The van der Waals surface area contributed by atoms with Gasteiger partial charge in [-0.3, -0.25) is 0 Å². The third-order valence-corrected chi connectivity index (χ3v) is 6.04. The second kappa shape index (κ2) is 9.48. The first-order valence-corrected chi connectivity index (χ1v) is 10.8. The molecule has 1 fully saturated rings. The summed E-state index contributed by atoms with van der Waals surface area (Å²) >= 11 is 6.48. The molecule has 4 rings (SSSR count). The van der Waals surface area contributed by atoms with E-state index in [0.29, 0.717) is 22.4 Å². The molecule has 1 aromatic heterocycles. The third-order valence-electron chi connectivity index (χ3n) is 5.74. The van der Waals surface area contributed by atoms with Crippen molar-refractivity contribution in [3.8, 4) is 39.5 Å². The molecule has 2 aromatic carbocycles. The Morgan fingerprint density at radius 3 is 2.00 bits per heavy atom. The Morgan fingerprint density at radius 2 is 1.42 bits per heavy atom. The van der Waals surface area contributed by atoms with Crippen molar-refractivity contribution in [3.05, 3.63) is 53.8 Å². The predicted molar refractivity (Wildman–Crippen MR) is 126 cm³/mol. The van der Waals surface area contributed by atoms with Crippen LogP contribution in [0.2, 0.25) is 5.15 Å². The third kappa shape index (κ3) is 4.42. The molecule has 0 aliphatic carbocycles. The monoisotopic (exact) mass is 438 g/mol. The molecule has 0 saturated carbocycles. The molecule has 31 heavy (non-hydrogen) atoms. The number of halogens is 1. The molecule has 0 amide bonds. The normalized spacial score (nSPS) is 13.7. The van der Waals surface area contributed by atoms with Gasteiger partial charge < -0.3 is 19.1 Å². The molecule has 0 spiro atoms. The fraction of sp³-hybridized carbons (Fsp3) is 0.320. The summed E-state index contributed by atoms with van der Waals surface area (Å²) in [5.74, 6) is 1.69. The first kappa shape index (κ1) is 21.3. The van der Waals surface area contributed by atoms with E-state index >= 15 is 0 Å². The van der Waals surface area contributed by atoms with Crippen LogP contribution in [-0.4, -0.2) is 39.4 Å². The molecule has 0 radical (unpaired) electrons. The number of methoxy groups -OCH3 is 3. The number of hydrogen-bond acceptors (Lipinski definition) is 5. The zero-order chi connectivity index (χ0) is 21.8. The molecule has 0 N–H and O–H groups in total. The molecule has 1 aliphatic heterocycles. The minimum absolute atomic E-state index is 0.419. The number of hydrogen-bond donors (Lipinski definition) is 0. The van der Waals surface area contributed by atoms with Crippen LogP contribution >= 0.6 is 11.6 Å². The van der Waals surface area contributed by atoms with Gasteiger partial charge in [0, 0.05) is 36.1 Å². The molecular formula is C25H27ClN2O3. The molecule has 0 bridgehead atoms. The summed E-state index contributed by atoms with van der Waals surface area (Å²) in [5.41, 5.74) is 5.02. The van der Waals surface area contributed by atoms with Gasteiger partial charge in [-0.05, 0) is 60.7 Å². The number of benzene rings is 2. The quantitative estimate of drug-likeness (QED) is 0.436. The Hall–Kier alpha value is -2.92. The van der Waals surface area contributed by atoms with Gasteiger partial charge in [-0.2, -0.15) is 0 Å². The molecule has 162 valence electrons. The van der Waals surface area contributed by atoms with Crippen molar-refractivity contribution in [2.24, 2.45) is 0 Å². The molecule has 0 atom stereocenters. The minimum atomic E-state index is 0.419. The van der Waals surface area contributed by atoms with E-state index in [-0.39, 0.29) is 0 Å². The Balaban J connectivity index is 1.69. The topological polar surface area (TPSA) is 43.8 Å². The molecule has 1 saturated heterocycles. The fourth-order valence-electron chi connectivity index (χ4n) is 4.06. The number of nitrogens with zero attached hydrogens (tertiary/aromatic N) is 2. The number of rotatable bonds is 6. The molecule has 5 nitrogen and oxygen atoms in total. The number of aromatic nitrogens is 1. The van der Waals surface area contributed by atoms with Crippen molar-refractivity contribution in [1.29, 1.82) is 0 Å². The van der Waals surface area contributed by atoms with Crippen LogP contribution < -0.4 is 19.1 Å².